The van der Waals surface area contributed by atoms with E-state index in [1.54, 1.807) is 0 Å². The van der Waals surface area contributed by atoms with Crippen molar-refractivity contribution in [2.75, 3.05) is 32.5 Å². The van der Waals surface area contributed by atoms with Gasteiger partial charge in [-0.15, -0.1) is 13.2 Å². The highest BCUT2D eigenvalue weighted by Gasteiger charge is 2.64. The molecular formula is C30H33F3N4O8. The van der Waals surface area contributed by atoms with Crippen LogP contribution in [-0.4, -0.2) is 98.9 Å². The second kappa shape index (κ2) is 9.59. The SMILES string of the molecule is CN(C)[C@H]1C(O)=C(C(N)=O)C(=O)[C@]2(O)C(O)=C3C(=O)c4c(O)c5c(c(OC(F)(F)F)c4C[C@@H]3C[C@H]12)C1C(CN5)CC2CCCN21. The fourth-order valence-electron chi connectivity index (χ4n) is 9.12. The van der Waals surface area contributed by atoms with E-state index in [2.05, 4.69) is 10.2 Å². The number of fused-ring (bicyclic) bond motifs is 8. The molecule has 12 nitrogen and oxygen atoms in total. The van der Waals surface area contributed by atoms with Crippen LogP contribution in [-0.2, 0) is 16.0 Å². The van der Waals surface area contributed by atoms with Gasteiger partial charge in [0.25, 0.3) is 5.91 Å². The number of alkyl halides is 3. The second-order valence-electron chi connectivity index (χ2n) is 13.2. The number of carbonyl (C=O) groups is 3. The molecule has 0 radical (unpaired) electrons. The molecule has 2 saturated heterocycles. The molecule has 7 atom stereocenters. The minimum atomic E-state index is -5.14. The number of allylic oxidation sites excluding steroid dienone is 1. The highest BCUT2D eigenvalue weighted by Crippen LogP contribution is 2.60. The zero-order chi connectivity index (χ0) is 32.5. The Hall–Kier alpha value is -3.82. The minimum Gasteiger partial charge on any atom is -0.510 e. The molecule has 0 saturated carbocycles. The second-order valence-corrected chi connectivity index (χ2v) is 13.2. The lowest BCUT2D eigenvalue weighted by Gasteiger charge is -2.50. The van der Waals surface area contributed by atoms with Gasteiger partial charge in [0.1, 0.15) is 22.8 Å². The summed E-state index contributed by atoms with van der Waals surface area (Å²) < 4.78 is 47.0. The number of aliphatic hydroxyl groups excluding tert-OH is 2. The van der Waals surface area contributed by atoms with Crippen molar-refractivity contribution in [3.05, 3.63) is 39.4 Å². The molecule has 242 valence electrons. The number of anilines is 1. The number of ether oxygens (including phenoxy) is 1. The average Bonchev–Trinajstić information content (AvgIpc) is 3.53. The van der Waals surface area contributed by atoms with Crippen molar-refractivity contribution in [3.8, 4) is 11.5 Å². The maximum absolute atomic E-state index is 14.2. The number of aromatic hydroxyl groups is 1. The number of halogens is 3. The van der Waals surface area contributed by atoms with E-state index >= 15 is 0 Å². The molecule has 3 aliphatic carbocycles. The molecule has 0 aromatic heterocycles. The van der Waals surface area contributed by atoms with Crippen molar-refractivity contribution < 1.29 is 52.7 Å². The number of nitrogens with one attached hydrogen (secondary N) is 1. The van der Waals surface area contributed by atoms with Crippen LogP contribution in [0.15, 0.2) is 22.7 Å². The Bertz CT molecular complexity index is 1640. The summed E-state index contributed by atoms with van der Waals surface area (Å²) in [6, 6.07) is -1.54. The van der Waals surface area contributed by atoms with Crippen molar-refractivity contribution in [1.29, 1.82) is 0 Å². The normalized spacial score (nSPS) is 34.1. The number of phenols is 1. The number of Topliss-reactive ketones (excluding diaryl/α,β-unsaturated/α-hetero) is 2. The first kappa shape index (κ1) is 29.9. The standard InChI is InChI=1S/C30H33F3N4O8/c1-36(2)21-14-8-10-7-13-16(22(38)15(10)26(41)29(14,44)27(42)18(24(21)40)28(34)43)23(39)19-17(25(13)45-30(31,32)33)20-11(9-35-19)6-12-4-3-5-37(12)20/h10-12,14,20-21,35,39-41,44H,3-9H2,1-2H3,(H2,34,43)/t10-,11?,12?,14-,20?,21-,29-/m1/s1. The molecule has 1 aromatic rings. The Morgan fingerprint density at radius 1 is 1.18 bits per heavy atom. The molecular weight excluding hydrogens is 601 g/mol. The molecule has 1 aromatic carbocycles. The molecule has 7 rings (SSSR count). The van der Waals surface area contributed by atoms with Crippen LogP contribution in [0.1, 0.15) is 53.2 Å². The number of ketones is 2. The van der Waals surface area contributed by atoms with E-state index in [9.17, 15) is 48.0 Å². The molecule has 1 amide bonds. The van der Waals surface area contributed by atoms with Crippen LogP contribution in [0.3, 0.4) is 0 Å². The van der Waals surface area contributed by atoms with Gasteiger partial charge in [0.2, 0.25) is 5.78 Å². The van der Waals surface area contributed by atoms with Gasteiger partial charge in [-0.25, -0.2) is 0 Å². The summed E-state index contributed by atoms with van der Waals surface area (Å²) in [5, 5.41) is 48.8. The van der Waals surface area contributed by atoms with Gasteiger partial charge in [-0.2, -0.15) is 0 Å². The third-order valence-corrected chi connectivity index (χ3v) is 10.7. The zero-order valence-electron chi connectivity index (χ0n) is 24.4. The first-order chi connectivity index (χ1) is 21.1. The number of hydrogen-bond acceptors (Lipinski definition) is 11. The van der Waals surface area contributed by atoms with Gasteiger partial charge in [-0.05, 0) is 64.6 Å². The van der Waals surface area contributed by atoms with E-state index in [4.69, 9.17) is 10.5 Å². The zero-order valence-corrected chi connectivity index (χ0v) is 24.4. The number of amides is 1. The number of phenolic OH excluding ortho intramolecular Hbond substituents is 1. The number of nitrogens with two attached hydrogens (primary N) is 1. The van der Waals surface area contributed by atoms with Crippen molar-refractivity contribution in [2.24, 2.45) is 23.5 Å². The van der Waals surface area contributed by atoms with Crippen molar-refractivity contribution in [3.63, 3.8) is 0 Å². The predicted molar refractivity (Wildman–Crippen MR) is 149 cm³/mol. The van der Waals surface area contributed by atoms with Crippen molar-refractivity contribution in [2.45, 2.75) is 62.2 Å². The highest BCUT2D eigenvalue weighted by atomic mass is 19.4. The molecule has 3 aliphatic heterocycles. The fourth-order valence-corrected chi connectivity index (χ4v) is 9.12. The lowest BCUT2D eigenvalue weighted by atomic mass is 9.58. The molecule has 7 N–H and O–H groups in total. The van der Waals surface area contributed by atoms with Gasteiger partial charge in [-0.1, -0.05) is 0 Å². The summed E-state index contributed by atoms with van der Waals surface area (Å²) in [4.78, 5) is 43.4. The summed E-state index contributed by atoms with van der Waals surface area (Å²) in [5.74, 6) is -9.26. The van der Waals surface area contributed by atoms with E-state index < -0.39 is 93.1 Å². The summed E-state index contributed by atoms with van der Waals surface area (Å²) in [5.41, 5.74) is 0.437. The summed E-state index contributed by atoms with van der Waals surface area (Å²) in [6.07, 6.45) is -3.18. The number of benzene rings is 1. The first-order valence-electron chi connectivity index (χ1n) is 14.9. The number of carbonyl (C=O) groups excluding carboxylic acids is 3. The Kier molecular flexibility index (Phi) is 6.37. The average molecular weight is 635 g/mol. The number of nitrogens with zero attached hydrogens (tertiary/aromatic N) is 2. The molecule has 6 aliphatic rings. The quantitative estimate of drug-likeness (QED) is 0.211. The number of aliphatic hydroxyl groups is 3. The Balaban J connectivity index is 1.44. The van der Waals surface area contributed by atoms with Crippen molar-refractivity contribution in [1.82, 2.24) is 9.80 Å². The summed E-state index contributed by atoms with van der Waals surface area (Å²) in [7, 11) is 2.98. The Morgan fingerprint density at radius 2 is 1.89 bits per heavy atom. The monoisotopic (exact) mass is 634 g/mol. The fraction of sp³-hybridized carbons (Fsp3) is 0.567. The molecule has 45 heavy (non-hydrogen) atoms. The lowest BCUT2D eigenvalue weighted by Crippen LogP contribution is -2.63. The van der Waals surface area contributed by atoms with Crippen LogP contribution in [0.25, 0.3) is 0 Å². The van der Waals surface area contributed by atoms with Crippen LogP contribution in [0.5, 0.6) is 11.5 Å². The van der Waals surface area contributed by atoms with Gasteiger partial charge >= 0.3 is 6.36 Å². The Morgan fingerprint density at radius 3 is 2.53 bits per heavy atom. The highest BCUT2D eigenvalue weighted by molar-refractivity contribution is 6.25. The van der Waals surface area contributed by atoms with Crippen molar-refractivity contribution >= 4 is 23.2 Å². The van der Waals surface area contributed by atoms with Gasteiger partial charge in [0.15, 0.2) is 17.1 Å². The number of rotatable bonds is 3. The topological polar surface area (TPSA) is 186 Å². The number of primary amides is 1. The van der Waals surface area contributed by atoms with E-state index in [0.29, 0.717) is 13.1 Å². The van der Waals surface area contributed by atoms with E-state index in [-0.39, 0.29) is 41.6 Å². The van der Waals surface area contributed by atoms with Gasteiger partial charge in [0.05, 0.1) is 17.3 Å². The maximum Gasteiger partial charge on any atom is 0.573 e. The summed E-state index contributed by atoms with van der Waals surface area (Å²) >= 11 is 0. The molecule has 15 heteroatoms. The molecule has 0 spiro atoms. The smallest absolute Gasteiger partial charge is 0.510 e. The first-order valence-corrected chi connectivity index (χ1v) is 14.9. The molecule has 2 fully saturated rings. The third kappa shape index (κ3) is 3.92. The van der Waals surface area contributed by atoms with E-state index in [1.165, 1.54) is 19.0 Å². The maximum atomic E-state index is 14.2. The largest absolute Gasteiger partial charge is 0.573 e. The van der Waals surface area contributed by atoms with Gasteiger partial charge in [-0.3, -0.25) is 24.2 Å². The van der Waals surface area contributed by atoms with Crippen LogP contribution in [0, 0.1) is 17.8 Å². The number of likely N-dealkylation sites (N-methyl/N-ethyl adjacent to an activating group) is 1. The van der Waals surface area contributed by atoms with E-state index in [1.807, 2.05) is 0 Å². The predicted octanol–water partition coefficient (Wildman–Crippen LogP) is 1.97. The lowest BCUT2D eigenvalue weighted by molar-refractivity contribution is -0.275. The van der Waals surface area contributed by atoms with Crippen LogP contribution in [0.2, 0.25) is 0 Å². The van der Waals surface area contributed by atoms with Crippen LogP contribution in [0.4, 0.5) is 18.9 Å². The number of hydrogen-bond donors (Lipinski definition) is 6. The van der Waals surface area contributed by atoms with Gasteiger partial charge < -0.3 is 36.2 Å². The molecule has 3 heterocycles. The summed E-state index contributed by atoms with van der Waals surface area (Å²) in [6.45, 7) is 1.02. The molecule has 3 unspecified atom stereocenters. The van der Waals surface area contributed by atoms with E-state index in [0.717, 1.165) is 19.3 Å². The van der Waals surface area contributed by atoms with Crippen LogP contribution < -0.4 is 15.8 Å². The van der Waals surface area contributed by atoms with Gasteiger partial charge in [0, 0.05) is 41.2 Å². The minimum absolute atomic E-state index is 0.0531. The molecule has 0 bridgehead atoms. The Labute approximate surface area is 254 Å². The van der Waals surface area contributed by atoms with Crippen LogP contribution >= 0.6 is 0 Å². The third-order valence-electron chi connectivity index (χ3n) is 10.7.